The maximum atomic E-state index is 12.4. The van der Waals surface area contributed by atoms with Gasteiger partial charge in [0.15, 0.2) is 0 Å². The van der Waals surface area contributed by atoms with Gasteiger partial charge in [0.05, 0.1) is 20.5 Å². The highest BCUT2D eigenvalue weighted by molar-refractivity contribution is 7.20. The molecule has 4 nitrogen and oxygen atoms in total. The Morgan fingerprint density at radius 2 is 1.84 bits per heavy atom. The number of anilines is 1. The smallest absolute Gasteiger partial charge is 0.339 e. The summed E-state index contributed by atoms with van der Waals surface area (Å²) in [5.41, 5.74) is 2.37. The maximum Gasteiger partial charge on any atom is 0.339 e. The molecular weight excluding hydrogens is 401 g/mol. The van der Waals surface area contributed by atoms with E-state index >= 15 is 0 Å². The Hall–Kier alpha value is -1.86. The first-order valence-electron chi connectivity index (χ1n) is 7.05. The van der Waals surface area contributed by atoms with Gasteiger partial charge in [0.25, 0.3) is 5.91 Å². The minimum atomic E-state index is -1.11. The van der Waals surface area contributed by atoms with Crippen LogP contribution < -0.4 is 5.32 Å². The standard InChI is InChI=1S/C17H11Cl2NO3S2/c1-8-2-4-9(5-3-8)14-13(17(22)23)11(7-24-14)20-16(21)10-6-12(18)25-15(10)19/h2-7H,1H3,(H,20,21)(H,22,23). The van der Waals surface area contributed by atoms with Crippen LogP contribution in [0.3, 0.4) is 0 Å². The first-order chi connectivity index (χ1) is 11.9. The van der Waals surface area contributed by atoms with Crippen molar-refractivity contribution >= 4 is 63.4 Å². The summed E-state index contributed by atoms with van der Waals surface area (Å²) >= 11 is 14.2. The molecule has 1 amide bonds. The number of carbonyl (C=O) groups is 2. The molecule has 0 fully saturated rings. The number of halogens is 2. The van der Waals surface area contributed by atoms with Gasteiger partial charge in [-0.05, 0) is 18.6 Å². The van der Waals surface area contributed by atoms with Gasteiger partial charge in [0.1, 0.15) is 9.90 Å². The third-order valence-electron chi connectivity index (χ3n) is 3.47. The summed E-state index contributed by atoms with van der Waals surface area (Å²) in [6.45, 7) is 1.96. The summed E-state index contributed by atoms with van der Waals surface area (Å²) in [5.74, 6) is -1.61. The van der Waals surface area contributed by atoms with Gasteiger partial charge in [0.2, 0.25) is 0 Å². The van der Waals surface area contributed by atoms with Gasteiger partial charge in [-0.2, -0.15) is 0 Å². The van der Waals surface area contributed by atoms with Gasteiger partial charge in [-0.25, -0.2) is 4.79 Å². The molecule has 25 heavy (non-hydrogen) atoms. The zero-order chi connectivity index (χ0) is 18.1. The molecule has 0 saturated heterocycles. The minimum Gasteiger partial charge on any atom is -0.478 e. The van der Waals surface area contributed by atoms with Gasteiger partial charge in [0, 0.05) is 5.38 Å². The lowest BCUT2D eigenvalue weighted by Crippen LogP contribution is -2.13. The van der Waals surface area contributed by atoms with Crippen LogP contribution in [0.2, 0.25) is 8.67 Å². The number of rotatable bonds is 4. The van der Waals surface area contributed by atoms with E-state index in [9.17, 15) is 14.7 Å². The molecule has 0 aliphatic rings. The molecule has 1 aromatic carbocycles. The molecule has 2 aromatic heterocycles. The Bertz CT molecular complexity index is 961. The van der Waals surface area contributed by atoms with E-state index < -0.39 is 11.9 Å². The molecule has 0 aliphatic carbocycles. The van der Waals surface area contributed by atoms with Gasteiger partial charge in [-0.3, -0.25) is 4.79 Å². The van der Waals surface area contributed by atoms with Crippen molar-refractivity contribution in [1.29, 1.82) is 0 Å². The van der Waals surface area contributed by atoms with Gasteiger partial charge < -0.3 is 10.4 Å². The van der Waals surface area contributed by atoms with Crippen LogP contribution in [0.15, 0.2) is 35.7 Å². The third-order valence-corrected chi connectivity index (χ3v) is 5.98. The van der Waals surface area contributed by atoms with Crippen LogP contribution >= 0.6 is 45.9 Å². The number of nitrogens with one attached hydrogen (secondary N) is 1. The predicted octanol–water partition coefficient (Wildman–Crippen LogP) is 6.04. The van der Waals surface area contributed by atoms with Crippen molar-refractivity contribution in [2.45, 2.75) is 6.92 Å². The summed E-state index contributed by atoms with van der Waals surface area (Å²) in [4.78, 5) is 24.7. The third kappa shape index (κ3) is 3.72. The van der Waals surface area contributed by atoms with Crippen molar-refractivity contribution < 1.29 is 14.7 Å². The highest BCUT2D eigenvalue weighted by Crippen LogP contribution is 2.37. The topological polar surface area (TPSA) is 66.4 Å². The fourth-order valence-corrected chi connectivity index (χ4v) is 4.72. The number of thiophene rings is 2. The number of hydrogen-bond acceptors (Lipinski definition) is 4. The molecule has 0 unspecified atom stereocenters. The average molecular weight is 412 g/mol. The quantitative estimate of drug-likeness (QED) is 0.549. The Kier molecular flexibility index (Phi) is 5.15. The Balaban J connectivity index is 1.97. The lowest BCUT2D eigenvalue weighted by Gasteiger charge is -2.06. The van der Waals surface area contributed by atoms with Crippen LogP contribution in [0.5, 0.6) is 0 Å². The molecule has 0 aliphatic heterocycles. The van der Waals surface area contributed by atoms with Crippen molar-refractivity contribution in [3.63, 3.8) is 0 Å². The number of aromatic carboxylic acids is 1. The Morgan fingerprint density at radius 3 is 2.40 bits per heavy atom. The second-order valence-electron chi connectivity index (χ2n) is 5.22. The SMILES string of the molecule is Cc1ccc(-c2scc(NC(=O)c3cc(Cl)sc3Cl)c2C(=O)O)cc1. The molecule has 128 valence electrons. The second-order valence-corrected chi connectivity index (χ2v) is 8.38. The molecule has 0 atom stereocenters. The summed E-state index contributed by atoms with van der Waals surface area (Å²) in [6, 6.07) is 8.99. The van der Waals surface area contributed by atoms with Crippen LogP contribution in [-0.4, -0.2) is 17.0 Å². The number of amides is 1. The number of carbonyl (C=O) groups excluding carboxylic acids is 1. The molecule has 0 radical (unpaired) electrons. The maximum absolute atomic E-state index is 12.4. The largest absolute Gasteiger partial charge is 0.478 e. The molecule has 8 heteroatoms. The van der Waals surface area contributed by atoms with Crippen LogP contribution in [-0.2, 0) is 0 Å². The average Bonchev–Trinajstić information content (AvgIpc) is 3.11. The van der Waals surface area contributed by atoms with Crippen LogP contribution in [0.25, 0.3) is 10.4 Å². The number of carboxylic acids is 1. The lowest BCUT2D eigenvalue weighted by molar-refractivity contribution is 0.0699. The monoisotopic (exact) mass is 411 g/mol. The fourth-order valence-electron chi connectivity index (χ4n) is 2.26. The molecule has 0 bridgehead atoms. The van der Waals surface area contributed by atoms with Crippen molar-refractivity contribution in [3.05, 3.63) is 61.1 Å². The molecule has 3 rings (SSSR count). The van der Waals surface area contributed by atoms with Crippen molar-refractivity contribution in [2.24, 2.45) is 0 Å². The highest BCUT2D eigenvalue weighted by Gasteiger charge is 2.22. The number of benzene rings is 1. The second kappa shape index (κ2) is 7.17. The minimum absolute atomic E-state index is 0.0552. The van der Waals surface area contributed by atoms with Crippen molar-refractivity contribution in [2.75, 3.05) is 5.32 Å². The normalized spacial score (nSPS) is 10.7. The van der Waals surface area contributed by atoms with E-state index in [1.807, 2.05) is 31.2 Å². The fraction of sp³-hybridized carbons (Fsp3) is 0.0588. The number of carboxylic acid groups (broad SMARTS) is 1. The summed E-state index contributed by atoms with van der Waals surface area (Å²) in [5, 5.41) is 13.8. The van der Waals surface area contributed by atoms with Crippen LogP contribution in [0.4, 0.5) is 5.69 Å². The summed E-state index contributed by atoms with van der Waals surface area (Å²) in [7, 11) is 0. The lowest BCUT2D eigenvalue weighted by atomic mass is 10.1. The molecule has 0 spiro atoms. The van der Waals surface area contributed by atoms with E-state index in [1.54, 1.807) is 5.38 Å². The van der Waals surface area contributed by atoms with Crippen LogP contribution in [0, 0.1) is 6.92 Å². The first kappa shape index (κ1) is 17.9. The molecule has 2 heterocycles. The molecule has 2 N–H and O–H groups in total. The Labute approximate surface area is 161 Å². The van der Waals surface area contributed by atoms with Gasteiger partial charge in [-0.15, -0.1) is 22.7 Å². The van der Waals surface area contributed by atoms with E-state index in [2.05, 4.69) is 5.32 Å². The van der Waals surface area contributed by atoms with Crippen molar-refractivity contribution in [1.82, 2.24) is 0 Å². The first-order valence-corrected chi connectivity index (χ1v) is 9.50. The number of hydrogen-bond donors (Lipinski definition) is 2. The van der Waals surface area contributed by atoms with E-state index in [0.29, 0.717) is 9.21 Å². The summed E-state index contributed by atoms with van der Waals surface area (Å²) < 4.78 is 0.646. The zero-order valence-corrected chi connectivity index (χ0v) is 15.9. The van der Waals surface area contributed by atoms with Crippen molar-refractivity contribution in [3.8, 4) is 10.4 Å². The van der Waals surface area contributed by atoms with E-state index in [4.69, 9.17) is 23.2 Å². The zero-order valence-electron chi connectivity index (χ0n) is 12.8. The van der Waals surface area contributed by atoms with E-state index in [0.717, 1.165) is 22.5 Å². The number of aryl methyl sites for hydroxylation is 1. The Morgan fingerprint density at radius 1 is 1.16 bits per heavy atom. The molecule has 3 aromatic rings. The predicted molar refractivity (Wildman–Crippen MR) is 104 cm³/mol. The van der Waals surface area contributed by atoms with Gasteiger partial charge in [-0.1, -0.05) is 53.0 Å². The molecule has 0 saturated carbocycles. The highest BCUT2D eigenvalue weighted by atomic mass is 35.5. The molecular formula is C17H11Cl2NO3S2. The van der Waals surface area contributed by atoms with Crippen LogP contribution in [0.1, 0.15) is 26.3 Å². The van der Waals surface area contributed by atoms with E-state index in [1.165, 1.54) is 17.4 Å². The summed E-state index contributed by atoms with van der Waals surface area (Å²) in [6.07, 6.45) is 0. The van der Waals surface area contributed by atoms with Gasteiger partial charge >= 0.3 is 5.97 Å². The van der Waals surface area contributed by atoms with E-state index in [-0.39, 0.29) is 21.2 Å².